The number of fused-ring (bicyclic) bond motifs is 1. The smallest absolute Gasteiger partial charge is 0.254 e. The number of hydrogen-bond acceptors (Lipinski definition) is 6. The first-order valence-electron chi connectivity index (χ1n) is 9.31. The highest BCUT2D eigenvalue weighted by Gasteiger charge is 2.25. The second-order valence-electron chi connectivity index (χ2n) is 6.79. The van der Waals surface area contributed by atoms with Gasteiger partial charge in [-0.2, -0.15) is 0 Å². The third-order valence-electron chi connectivity index (χ3n) is 5.02. The summed E-state index contributed by atoms with van der Waals surface area (Å²) in [5.41, 5.74) is 0.745. The van der Waals surface area contributed by atoms with Gasteiger partial charge in [0.2, 0.25) is 0 Å². The zero-order chi connectivity index (χ0) is 20.6. The Kier molecular flexibility index (Phi) is 5.26. The maximum atomic E-state index is 13.9. The highest BCUT2D eigenvalue weighted by molar-refractivity contribution is 7.91. The quantitative estimate of drug-likeness (QED) is 0.632. The molecule has 29 heavy (non-hydrogen) atoms. The molecule has 2 heterocycles. The van der Waals surface area contributed by atoms with Crippen molar-refractivity contribution in [2.45, 2.75) is 11.8 Å². The van der Waals surface area contributed by atoms with Crippen LogP contribution in [0.3, 0.4) is 0 Å². The average Bonchev–Trinajstić information content (AvgIpc) is 3.19. The van der Waals surface area contributed by atoms with E-state index in [1.807, 2.05) is 11.0 Å². The van der Waals surface area contributed by atoms with Gasteiger partial charge in [0.25, 0.3) is 5.91 Å². The topological polar surface area (TPSA) is 70.6 Å². The molecule has 1 aromatic heterocycles. The fraction of sp³-hybridized carbons (Fsp3) is 0.300. The van der Waals surface area contributed by atoms with E-state index in [1.165, 1.54) is 29.5 Å². The second-order valence-corrected chi connectivity index (χ2v) is 10.1. The van der Waals surface area contributed by atoms with E-state index in [2.05, 4.69) is 4.98 Å². The van der Waals surface area contributed by atoms with E-state index in [9.17, 15) is 17.6 Å². The predicted octanol–water partition coefficient (Wildman–Crippen LogP) is 3.19. The number of rotatable bonds is 4. The normalized spacial score (nSPS) is 15.1. The summed E-state index contributed by atoms with van der Waals surface area (Å²) in [4.78, 5) is 21.2. The van der Waals surface area contributed by atoms with Gasteiger partial charge in [-0.1, -0.05) is 30.4 Å². The van der Waals surface area contributed by atoms with Crippen molar-refractivity contribution in [3.05, 3.63) is 53.8 Å². The first-order valence-corrected chi connectivity index (χ1v) is 11.8. The lowest BCUT2D eigenvalue weighted by Gasteiger charge is -2.34. The molecule has 1 aliphatic heterocycles. The second kappa shape index (κ2) is 7.72. The fourth-order valence-corrected chi connectivity index (χ4v) is 5.27. The van der Waals surface area contributed by atoms with Crippen molar-refractivity contribution in [3.8, 4) is 0 Å². The Hall–Kier alpha value is -2.52. The van der Waals surface area contributed by atoms with Crippen LogP contribution in [-0.4, -0.2) is 56.1 Å². The lowest BCUT2D eigenvalue weighted by Crippen LogP contribution is -2.48. The Morgan fingerprint density at radius 3 is 2.55 bits per heavy atom. The minimum Gasteiger partial charge on any atom is -0.345 e. The third-order valence-corrected chi connectivity index (χ3v) is 7.83. The highest BCUT2D eigenvalue weighted by Crippen LogP contribution is 2.30. The van der Waals surface area contributed by atoms with Gasteiger partial charge in [0.1, 0.15) is 11.3 Å². The lowest BCUT2D eigenvalue weighted by molar-refractivity contribution is 0.0746. The van der Waals surface area contributed by atoms with Crippen LogP contribution in [0.15, 0.2) is 47.4 Å². The first kappa shape index (κ1) is 19.8. The molecule has 0 spiro atoms. The van der Waals surface area contributed by atoms with Gasteiger partial charge in [-0.05, 0) is 30.3 Å². The van der Waals surface area contributed by atoms with Crippen LogP contribution in [0.5, 0.6) is 0 Å². The molecule has 1 amide bonds. The lowest BCUT2D eigenvalue weighted by atomic mass is 10.2. The fourth-order valence-electron chi connectivity index (χ4n) is 3.31. The van der Waals surface area contributed by atoms with Gasteiger partial charge in [-0.15, -0.1) is 0 Å². The Morgan fingerprint density at radius 2 is 1.86 bits per heavy atom. The minimum absolute atomic E-state index is 0.00786. The van der Waals surface area contributed by atoms with Crippen molar-refractivity contribution in [3.63, 3.8) is 0 Å². The number of carbonyl (C=O) groups excluding carboxylic acids is 1. The summed E-state index contributed by atoms with van der Waals surface area (Å²) in [5, 5.41) is 0.744. The molecular weight excluding hydrogens is 413 g/mol. The van der Waals surface area contributed by atoms with E-state index in [0.29, 0.717) is 37.3 Å². The number of halogens is 1. The maximum absolute atomic E-state index is 13.9. The predicted molar refractivity (Wildman–Crippen MR) is 112 cm³/mol. The van der Waals surface area contributed by atoms with Gasteiger partial charge >= 0.3 is 0 Å². The zero-order valence-corrected chi connectivity index (χ0v) is 17.5. The number of amides is 1. The number of piperazine rings is 1. The molecule has 1 aliphatic rings. The zero-order valence-electron chi connectivity index (χ0n) is 15.8. The summed E-state index contributed by atoms with van der Waals surface area (Å²) in [7, 11) is -3.36. The number of sulfone groups is 1. The number of anilines is 1. The largest absolute Gasteiger partial charge is 0.345 e. The molecule has 1 fully saturated rings. The summed E-state index contributed by atoms with van der Waals surface area (Å²) in [6, 6.07) is 11.1. The number of carbonyl (C=O) groups is 1. The standard InChI is InChI=1S/C20H20FN3O3S2/c1-2-29(26,27)15-6-3-5-14(13-15)19(25)23-9-11-24(12-10-23)20-22-18-16(21)7-4-8-17(18)28-20/h3-8,13H,2,9-12H2,1H3. The first-order chi connectivity index (χ1) is 13.9. The molecule has 1 saturated heterocycles. The van der Waals surface area contributed by atoms with Gasteiger partial charge in [-0.25, -0.2) is 17.8 Å². The van der Waals surface area contributed by atoms with Crippen molar-refractivity contribution < 1.29 is 17.6 Å². The summed E-state index contributed by atoms with van der Waals surface area (Å²) in [6.45, 7) is 3.72. The number of para-hydroxylation sites is 1. The van der Waals surface area contributed by atoms with Gasteiger partial charge in [0.05, 0.1) is 15.3 Å². The molecule has 4 rings (SSSR count). The van der Waals surface area contributed by atoms with Crippen molar-refractivity contribution in [2.24, 2.45) is 0 Å². The van der Waals surface area contributed by atoms with Gasteiger partial charge in [0.15, 0.2) is 15.0 Å². The molecule has 152 valence electrons. The van der Waals surface area contributed by atoms with E-state index in [0.717, 1.165) is 9.83 Å². The summed E-state index contributed by atoms with van der Waals surface area (Å²) < 4.78 is 38.9. The van der Waals surface area contributed by atoms with E-state index in [1.54, 1.807) is 30.0 Å². The average molecular weight is 434 g/mol. The van der Waals surface area contributed by atoms with Crippen molar-refractivity contribution in [1.82, 2.24) is 9.88 Å². The molecule has 0 N–H and O–H groups in total. The summed E-state index contributed by atoms with van der Waals surface area (Å²) >= 11 is 1.44. The number of hydrogen-bond donors (Lipinski definition) is 0. The number of benzene rings is 2. The summed E-state index contributed by atoms with van der Waals surface area (Å²) in [6.07, 6.45) is 0. The van der Waals surface area contributed by atoms with Crippen LogP contribution in [-0.2, 0) is 9.84 Å². The highest BCUT2D eigenvalue weighted by atomic mass is 32.2. The minimum atomic E-state index is -3.36. The van der Waals surface area contributed by atoms with Crippen molar-refractivity contribution >= 4 is 42.4 Å². The Labute approximate surface area is 172 Å². The van der Waals surface area contributed by atoms with Gasteiger partial charge in [-0.3, -0.25) is 4.79 Å². The molecule has 6 nitrogen and oxygen atoms in total. The van der Waals surface area contributed by atoms with Crippen LogP contribution >= 0.6 is 11.3 Å². The monoisotopic (exact) mass is 433 g/mol. The summed E-state index contributed by atoms with van der Waals surface area (Å²) in [5.74, 6) is -0.527. The van der Waals surface area contributed by atoms with Crippen LogP contribution in [0.25, 0.3) is 10.2 Å². The molecule has 0 atom stereocenters. The van der Waals surface area contributed by atoms with Crippen LogP contribution in [0.4, 0.5) is 9.52 Å². The number of aromatic nitrogens is 1. The molecule has 9 heteroatoms. The molecule has 0 aliphatic carbocycles. The Morgan fingerprint density at radius 1 is 1.14 bits per heavy atom. The van der Waals surface area contributed by atoms with E-state index < -0.39 is 9.84 Å². The van der Waals surface area contributed by atoms with E-state index >= 15 is 0 Å². The molecule has 0 radical (unpaired) electrons. The molecular formula is C20H20FN3O3S2. The van der Waals surface area contributed by atoms with Gasteiger partial charge in [0, 0.05) is 31.7 Å². The molecule has 0 saturated carbocycles. The number of thiazole rings is 1. The Bertz CT molecular complexity index is 1170. The molecule has 3 aromatic rings. The maximum Gasteiger partial charge on any atom is 0.254 e. The van der Waals surface area contributed by atoms with Crippen molar-refractivity contribution in [2.75, 3.05) is 36.8 Å². The van der Waals surface area contributed by atoms with E-state index in [-0.39, 0.29) is 22.4 Å². The molecule has 0 unspecified atom stereocenters. The van der Waals surface area contributed by atoms with Crippen LogP contribution in [0, 0.1) is 5.82 Å². The molecule has 0 bridgehead atoms. The third kappa shape index (κ3) is 3.84. The SMILES string of the molecule is CCS(=O)(=O)c1cccc(C(=O)N2CCN(c3nc4c(F)cccc4s3)CC2)c1. The van der Waals surface area contributed by atoms with Crippen LogP contribution in [0.1, 0.15) is 17.3 Å². The van der Waals surface area contributed by atoms with Crippen LogP contribution in [0.2, 0.25) is 0 Å². The van der Waals surface area contributed by atoms with Crippen molar-refractivity contribution in [1.29, 1.82) is 0 Å². The molecule has 2 aromatic carbocycles. The van der Waals surface area contributed by atoms with E-state index in [4.69, 9.17) is 0 Å². The Balaban J connectivity index is 1.47. The van der Waals surface area contributed by atoms with Crippen LogP contribution < -0.4 is 4.90 Å². The van der Waals surface area contributed by atoms with Gasteiger partial charge < -0.3 is 9.80 Å². The number of nitrogens with zero attached hydrogens (tertiary/aromatic N) is 3.